The summed E-state index contributed by atoms with van der Waals surface area (Å²) < 4.78 is 0. The number of aliphatic hydroxyl groups is 2. The minimum Gasteiger partial charge on any atom is -0.390 e. The van der Waals surface area contributed by atoms with E-state index >= 15 is 0 Å². The van der Waals surface area contributed by atoms with E-state index in [0.717, 1.165) is 6.54 Å². The summed E-state index contributed by atoms with van der Waals surface area (Å²) in [4.78, 5) is 2.04. The summed E-state index contributed by atoms with van der Waals surface area (Å²) in [5.41, 5.74) is 0. The van der Waals surface area contributed by atoms with Gasteiger partial charge in [-0.2, -0.15) is 5.26 Å². The van der Waals surface area contributed by atoms with Crippen molar-refractivity contribution in [3.05, 3.63) is 0 Å². The molecule has 3 atom stereocenters. The van der Waals surface area contributed by atoms with Gasteiger partial charge < -0.3 is 10.2 Å². The molecular formula is C9H16N2O2. The number of hydrogen-bond donors (Lipinski definition) is 2. The molecule has 0 bridgehead atoms. The highest BCUT2D eigenvalue weighted by atomic mass is 16.3. The van der Waals surface area contributed by atoms with Crippen LogP contribution in [0.25, 0.3) is 0 Å². The van der Waals surface area contributed by atoms with Gasteiger partial charge in [0.05, 0.1) is 24.7 Å². The molecule has 1 aliphatic rings. The van der Waals surface area contributed by atoms with Crippen LogP contribution in [0, 0.1) is 11.3 Å². The number of nitriles is 1. The average molecular weight is 184 g/mol. The Kier molecular flexibility index (Phi) is 3.67. The molecule has 1 fully saturated rings. The molecule has 13 heavy (non-hydrogen) atoms. The standard InChI is InChI=1S/C9H16N2O2/c1-7(2-4-10)11-5-3-8(12)9(13)6-11/h7-9,12-13H,2-3,5-6H2,1H3/t7?,8-,9+/m1/s1. The highest BCUT2D eigenvalue weighted by Gasteiger charge is 2.27. The Labute approximate surface area is 78.4 Å². The Morgan fingerprint density at radius 1 is 1.54 bits per heavy atom. The zero-order chi connectivity index (χ0) is 9.84. The second-order valence-electron chi connectivity index (χ2n) is 3.63. The Bertz CT molecular complexity index is 202. The maximum absolute atomic E-state index is 9.39. The normalized spacial score (nSPS) is 32.5. The van der Waals surface area contributed by atoms with Crippen LogP contribution >= 0.6 is 0 Å². The fraction of sp³-hybridized carbons (Fsp3) is 0.889. The molecule has 0 amide bonds. The second-order valence-corrected chi connectivity index (χ2v) is 3.63. The molecule has 2 N–H and O–H groups in total. The van der Waals surface area contributed by atoms with Gasteiger partial charge in [0, 0.05) is 19.1 Å². The minimum absolute atomic E-state index is 0.173. The van der Waals surface area contributed by atoms with E-state index in [1.54, 1.807) is 0 Å². The molecule has 4 heteroatoms. The van der Waals surface area contributed by atoms with Gasteiger partial charge in [0.1, 0.15) is 0 Å². The van der Waals surface area contributed by atoms with Crippen LogP contribution < -0.4 is 0 Å². The van der Waals surface area contributed by atoms with Crippen molar-refractivity contribution in [3.8, 4) is 6.07 Å². The topological polar surface area (TPSA) is 67.5 Å². The quantitative estimate of drug-likeness (QED) is 0.619. The molecule has 1 rings (SSSR count). The number of β-amino-alcohol motifs (C(OH)–C–C–N with tert-alkyl or cyclic N) is 1. The molecule has 74 valence electrons. The first-order valence-corrected chi connectivity index (χ1v) is 4.62. The fourth-order valence-corrected chi connectivity index (χ4v) is 1.61. The summed E-state index contributed by atoms with van der Waals surface area (Å²) in [6.45, 7) is 3.21. The summed E-state index contributed by atoms with van der Waals surface area (Å²) in [5, 5.41) is 27.2. The molecule has 4 nitrogen and oxygen atoms in total. The monoisotopic (exact) mass is 184 g/mol. The third-order valence-corrected chi connectivity index (χ3v) is 2.59. The van der Waals surface area contributed by atoms with Crippen molar-refractivity contribution >= 4 is 0 Å². The molecule has 0 saturated carbocycles. The molecule has 0 aromatic rings. The van der Waals surface area contributed by atoms with Crippen LogP contribution in [0.15, 0.2) is 0 Å². The van der Waals surface area contributed by atoms with Gasteiger partial charge in [-0.15, -0.1) is 0 Å². The molecule has 1 saturated heterocycles. The average Bonchev–Trinajstić information content (AvgIpc) is 2.10. The number of likely N-dealkylation sites (tertiary alicyclic amines) is 1. The van der Waals surface area contributed by atoms with Gasteiger partial charge in [0.25, 0.3) is 0 Å². The van der Waals surface area contributed by atoms with Crippen LogP contribution in [0.2, 0.25) is 0 Å². The minimum atomic E-state index is -0.658. The van der Waals surface area contributed by atoms with Crippen LogP contribution in [-0.4, -0.2) is 46.5 Å². The second kappa shape index (κ2) is 4.56. The van der Waals surface area contributed by atoms with Crippen molar-refractivity contribution in [2.24, 2.45) is 0 Å². The van der Waals surface area contributed by atoms with Crippen molar-refractivity contribution in [3.63, 3.8) is 0 Å². The van der Waals surface area contributed by atoms with Gasteiger partial charge in [-0.1, -0.05) is 0 Å². The lowest BCUT2D eigenvalue weighted by molar-refractivity contribution is -0.0469. The Hall–Kier alpha value is -0.630. The first-order chi connectivity index (χ1) is 6.15. The van der Waals surface area contributed by atoms with Crippen LogP contribution in [0.3, 0.4) is 0 Å². The Morgan fingerprint density at radius 3 is 2.77 bits per heavy atom. The first kappa shape index (κ1) is 10.5. The maximum Gasteiger partial charge on any atom is 0.0926 e. The first-order valence-electron chi connectivity index (χ1n) is 4.62. The fourth-order valence-electron chi connectivity index (χ4n) is 1.61. The third kappa shape index (κ3) is 2.66. The molecule has 0 radical (unpaired) electrons. The molecule has 1 heterocycles. The van der Waals surface area contributed by atoms with Crippen LogP contribution in [0.4, 0.5) is 0 Å². The molecule has 1 unspecified atom stereocenters. The third-order valence-electron chi connectivity index (χ3n) is 2.59. The van der Waals surface area contributed by atoms with Crippen molar-refractivity contribution < 1.29 is 10.2 Å². The number of piperidine rings is 1. The predicted molar refractivity (Wildman–Crippen MR) is 47.9 cm³/mol. The molecule has 1 aliphatic heterocycles. The van der Waals surface area contributed by atoms with E-state index in [0.29, 0.717) is 19.4 Å². The highest BCUT2D eigenvalue weighted by Crippen LogP contribution is 2.14. The van der Waals surface area contributed by atoms with E-state index in [2.05, 4.69) is 6.07 Å². The number of nitrogens with zero attached hydrogens (tertiary/aromatic N) is 2. The lowest BCUT2D eigenvalue weighted by Gasteiger charge is -2.36. The predicted octanol–water partition coefficient (Wildman–Crippen LogP) is -0.284. The summed E-state index contributed by atoms with van der Waals surface area (Å²) >= 11 is 0. The van der Waals surface area contributed by atoms with Crippen LogP contribution in [0.1, 0.15) is 19.8 Å². The van der Waals surface area contributed by atoms with Crippen molar-refractivity contribution in [1.29, 1.82) is 5.26 Å². The summed E-state index contributed by atoms with van der Waals surface area (Å²) in [7, 11) is 0. The zero-order valence-electron chi connectivity index (χ0n) is 7.85. The molecule has 0 aliphatic carbocycles. The van der Waals surface area contributed by atoms with Gasteiger partial charge in [-0.3, -0.25) is 4.90 Å². The van der Waals surface area contributed by atoms with E-state index < -0.39 is 12.2 Å². The SMILES string of the molecule is CC(CC#N)N1CC[C@@H](O)[C@@H](O)C1. The van der Waals surface area contributed by atoms with Crippen molar-refractivity contribution in [2.75, 3.05) is 13.1 Å². The molecule has 0 aromatic carbocycles. The largest absolute Gasteiger partial charge is 0.390 e. The van der Waals surface area contributed by atoms with E-state index in [4.69, 9.17) is 5.26 Å². The van der Waals surface area contributed by atoms with E-state index in [1.165, 1.54) is 0 Å². The van der Waals surface area contributed by atoms with E-state index in [9.17, 15) is 10.2 Å². The zero-order valence-corrected chi connectivity index (χ0v) is 7.85. The summed E-state index contributed by atoms with van der Waals surface area (Å²) in [6, 6.07) is 2.28. The van der Waals surface area contributed by atoms with Gasteiger partial charge >= 0.3 is 0 Å². The molecule has 0 aromatic heterocycles. The summed E-state index contributed by atoms with van der Waals surface area (Å²) in [5.74, 6) is 0. The van der Waals surface area contributed by atoms with Gasteiger partial charge in [-0.25, -0.2) is 0 Å². The summed E-state index contributed by atoms with van der Waals surface area (Å²) in [6.07, 6.45) is -0.180. The van der Waals surface area contributed by atoms with Crippen LogP contribution in [-0.2, 0) is 0 Å². The number of hydrogen-bond acceptors (Lipinski definition) is 4. The van der Waals surface area contributed by atoms with Crippen molar-refractivity contribution in [1.82, 2.24) is 4.90 Å². The Morgan fingerprint density at radius 2 is 2.23 bits per heavy atom. The molecular weight excluding hydrogens is 168 g/mol. The van der Waals surface area contributed by atoms with Gasteiger partial charge in [0.2, 0.25) is 0 Å². The number of aliphatic hydroxyl groups excluding tert-OH is 2. The lowest BCUT2D eigenvalue weighted by atomic mass is 10.0. The van der Waals surface area contributed by atoms with Gasteiger partial charge in [0.15, 0.2) is 0 Å². The maximum atomic E-state index is 9.39. The number of rotatable bonds is 2. The lowest BCUT2D eigenvalue weighted by Crippen LogP contribution is -2.49. The smallest absolute Gasteiger partial charge is 0.0926 e. The van der Waals surface area contributed by atoms with Crippen LogP contribution in [0.5, 0.6) is 0 Å². The van der Waals surface area contributed by atoms with E-state index in [1.807, 2.05) is 11.8 Å². The van der Waals surface area contributed by atoms with Crippen molar-refractivity contribution in [2.45, 2.75) is 38.0 Å². The Balaban J connectivity index is 2.41. The highest BCUT2D eigenvalue weighted by molar-refractivity contribution is 4.86. The van der Waals surface area contributed by atoms with E-state index in [-0.39, 0.29) is 6.04 Å². The molecule has 0 spiro atoms. The van der Waals surface area contributed by atoms with Gasteiger partial charge in [-0.05, 0) is 13.3 Å².